The molecule has 0 spiro atoms. The molecule has 1 amide bonds. The van der Waals surface area contributed by atoms with E-state index in [4.69, 9.17) is 4.74 Å². The van der Waals surface area contributed by atoms with Gasteiger partial charge in [0.1, 0.15) is 0 Å². The van der Waals surface area contributed by atoms with Crippen LogP contribution in [0.25, 0.3) is 10.1 Å². The molecule has 96 valence electrons. The molecule has 4 heteroatoms. The Morgan fingerprint density at radius 2 is 2.17 bits per heavy atom. The van der Waals surface area contributed by atoms with Crippen LogP contribution >= 0.6 is 11.3 Å². The van der Waals surface area contributed by atoms with Crippen LogP contribution in [0.1, 0.15) is 21.7 Å². The Hall–Kier alpha value is -1.39. The van der Waals surface area contributed by atoms with E-state index >= 15 is 0 Å². The molecule has 2 rings (SSSR count). The zero-order valence-electron chi connectivity index (χ0n) is 10.7. The molecule has 0 atom stereocenters. The van der Waals surface area contributed by atoms with Crippen molar-refractivity contribution in [2.45, 2.75) is 13.3 Å². The molecule has 0 bridgehead atoms. The van der Waals surface area contributed by atoms with Crippen LogP contribution in [0.15, 0.2) is 24.3 Å². The SMILES string of the molecule is COCCCNC(=O)c1sc2ccccc2c1C. The van der Waals surface area contributed by atoms with Gasteiger partial charge in [-0.25, -0.2) is 0 Å². The number of methoxy groups -OCH3 is 1. The number of benzene rings is 1. The summed E-state index contributed by atoms with van der Waals surface area (Å²) in [6.45, 7) is 3.33. The zero-order chi connectivity index (χ0) is 13.0. The number of ether oxygens (including phenoxy) is 1. The third-order valence-corrected chi connectivity index (χ3v) is 4.13. The Kier molecular flexibility index (Phi) is 4.33. The van der Waals surface area contributed by atoms with Crippen LogP contribution in [0, 0.1) is 6.92 Å². The van der Waals surface area contributed by atoms with Crippen molar-refractivity contribution in [2.75, 3.05) is 20.3 Å². The van der Waals surface area contributed by atoms with Crippen molar-refractivity contribution in [1.29, 1.82) is 0 Å². The molecule has 1 aromatic heterocycles. The summed E-state index contributed by atoms with van der Waals surface area (Å²) in [4.78, 5) is 12.9. The van der Waals surface area contributed by atoms with Crippen LogP contribution in [0.4, 0.5) is 0 Å². The molecule has 0 radical (unpaired) electrons. The van der Waals surface area contributed by atoms with Crippen molar-refractivity contribution >= 4 is 27.3 Å². The highest BCUT2D eigenvalue weighted by molar-refractivity contribution is 7.21. The average Bonchev–Trinajstić information content (AvgIpc) is 2.73. The summed E-state index contributed by atoms with van der Waals surface area (Å²) in [6.07, 6.45) is 0.839. The van der Waals surface area contributed by atoms with Gasteiger partial charge in [-0.3, -0.25) is 4.79 Å². The fraction of sp³-hybridized carbons (Fsp3) is 0.357. The van der Waals surface area contributed by atoms with Crippen LogP contribution in [-0.4, -0.2) is 26.2 Å². The Morgan fingerprint density at radius 1 is 1.39 bits per heavy atom. The molecular weight excluding hydrogens is 246 g/mol. The Bertz CT molecular complexity index is 548. The predicted octanol–water partition coefficient (Wildman–Crippen LogP) is 2.98. The molecule has 0 fully saturated rings. The summed E-state index contributed by atoms with van der Waals surface area (Å²) in [5.41, 5.74) is 1.07. The fourth-order valence-electron chi connectivity index (χ4n) is 1.89. The monoisotopic (exact) mass is 263 g/mol. The number of carbonyl (C=O) groups excluding carboxylic acids is 1. The second-order valence-corrected chi connectivity index (χ2v) is 5.21. The summed E-state index contributed by atoms with van der Waals surface area (Å²) in [5.74, 6) is 0.0183. The highest BCUT2D eigenvalue weighted by Gasteiger charge is 2.14. The lowest BCUT2D eigenvalue weighted by Crippen LogP contribution is -2.24. The predicted molar refractivity (Wildman–Crippen MR) is 75.4 cm³/mol. The number of amides is 1. The van der Waals surface area contributed by atoms with E-state index in [1.54, 1.807) is 18.4 Å². The van der Waals surface area contributed by atoms with Gasteiger partial charge in [-0.2, -0.15) is 0 Å². The maximum atomic E-state index is 12.1. The Balaban J connectivity index is 2.10. The number of hydrogen-bond acceptors (Lipinski definition) is 3. The third-order valence-electron chi connectivity index (χ3n) is 2.86. The van der Waals surface area contributed by atoms with Gasteiger partial charge in [0.15, 0.2) is 0 Å². The van der Waals surface area contributed by atoms with Gasteiger partial charge in [-0.15, -0.1) is 11.3 Å². The first kappa shape index (κ1) is 13.1. The van der Waals surface area contributed by atoms with Crippen molar-refractivity contribution < 1.29 is 9.53 Å². The van der Waals surface area contributed by atoms with Gasteiger partial charge in [0.25, 0.3) is 5.91 Å². The first-order chi connectivity index (χ1) is 8.74. The lowest BCUT2D eigenvalue weighted by Gasteiger charge is -2.03. The topological polar surface area (TPSA) is 38.3 Å². The molecule has 0 aliphatic heterocycles. The van der Waals surface area contributed by atoms with E-state index in [1.807, 2.05) is 19.1 Å². The number of thiophene rings is 1. The van der Waals surface area contributed by atoms with Crippen molar-refractivity contribution in [1.82, 2.24) is 5.32 Å². The summed E-state index contributed by atoms with van der Waals surface area (Å²) in [7, 11) is 1.66. The molecule has 1 heterocycles. The van der Waals surface area contributed by atoms with E-state index in [1.165, 1.54) is 5.39 Å². The van der Waals surface area contributed by atoms with Crippen LogP contribution in [0.3, 0.4) is 0 Å². The molecule has 0 aliphatic carbocycles. The normalized spacial score (nSPS) is 10.8. The number of fused-ring (bicyclic) bond motifs is 1. The van der Waals surface area contributed by atoms with E-state index in [0.717, 1.165) is 21.6 Å². The van der Waals surface area contributed by atoms with Crippen molar-refractivity contribution in [3.8, 4) is 0 Å². The Morgan fingerprint density at radius 3 is 2.89 bits per heavy atom. The highest BCUT2D eigenvalue weighted by Crippen LogP contribution is 2.30. The quantitative estimate of drug-likeness (QED) is 0.842. The summed E-state index contributed by atoms with van der Waals surface area (Å²) < 4.78 is 6.12. The van der Waals surface area contributed by atoms with E-state index in [9.17, 15) is 4.79 Å². The van der Waals surface area contributed by atoms with E-state index in [-0.39, 0.29) is 5.91 Å². The largest absolute Gasteiger partial charge is 0.385 e. The first-order valence-corrected chi connectivity index (χ1v) is 6.81. The van der Waals surface area contributed by atoms with Gasteiger partial charge in [0, 0.05) is 25.0 Å². The number of hydrogen-bond donors (Lipinski definition) is 1. The molecule has 0 saturated heterocycles. The maximum Gasteiger partial charge on any atom is 0.261 e. The van der Waals surface area contributed by atoms with Crippen LogP contribution in [0.2, 0.25) is 0 Å². The first-order valence-electron chi connectivity index (χ1n) is 5.99. The van der Waals surface area contributed by atoms with Crippen molar-refractivity contribution in [3.05, 3.63) is 34.7 Å². The third kappa shape index (κ3) is 2.71. The molecule has 1 aromatic carbocycles. The summed E-state index contributed by atoms with van der Waals surface area (Å²) in [6, 6.07) is 8.11. The molecule has 18 heavy (non-hydrogen) atoms. The standard InChI is InChI=1S/C14H17NO2S/c1-10-11-6-3-4-7-12(11)18-13(10)14(16)15-8-5-9-17-2/h3-4,6-7H,5,8-9H2,1-2H3,(H,15,16). The number of carbonyl (C=O) groups is 1. The van der Waals surface area contributed by atoms with Crippen molar-refractivity contribution in [2.24, 2.45) is 0 Å². The Labute approximate surface area is 111 Å². The minimum absolute atomic E-state index is 0.0183. The highest BCUT2D eigenvalue weighted by atomic mass is 32.1. The van der Waals surface area contributed by atoms with Gasteiger partial charge in [0.2, 0.25) is 0 Å². The van der Waals surface area contributed by atoms with Gasteiger partial charge >= 0.3 is 0 Å². The summed E-state index contributed by atoms with van der Waals surface area (Å²) in [5, 5.41) is 4.10. The minimum atomic E-state index is 0.0183. The second-order valence-electron chi connectivity index (χ2n) is 4.15. The van der Waals surface area contributed by atoms with E-state index < -0.39 is 0 Å². The van der Waals surface area contributed by atoms with Gasteiger partial charge < -0.3 is 10.1 Å². The van der Waals surface area contributed by atoms with Gasteiger partial charge in [0.05, 0.1) is 4.88 Å². The average molecular weight is 263 g/mol. The fourth-order valence-corrected chi connectivity index (χ4v) is 3.02. The summed E-state index contributed by atoms with van der Waals surface area (Å²) >= 11 is 1.55. The zero-order valence-corrected chi connectivity index (χ0v) is 11.5. The number of rotatable bonds is 5. The van der Waals surface area contributed by atoms with Gasteiger partial charge in [-0.1, -0.05) is 18.2 Å². The number of aryl methyl sites for hydroxylation is 1. The lowest BCUT2D eigenvalue weighted by atomic mass is 10.1. The van der Waals surface area contributed by atoms with E-state index in [2.05, 4.69) is 17.4 Å². The van der Waals surface area contributed by atoms with E-state index in [0.29, 0.717) is 13.2 Å². The van der Waals surface area contributed by atoms with Crippen LogP contribution < -0.4 is 5.32 Å². The molecule has 0 saturated carbocycles. The second kappa shape index (κ2) is 5.98. The molecule has 0 unspecified atom stereocenters. The number of nitrogens with one attached hydrogen (secondary N) is 1. The van der Waals surface area contributed by atoms with Crippen LogP contribution in [-0.2, 0) is 4.74 Å². The maximum absolute atomic E-state index is 12.1. The molecular formula is C14H17NO2S. The molecule has 1 N–H and O–H groups in total. The smallest absolute Gasteiger partial charge is 0.261 e. The van der Waals surface area contributed by atoms with Crippen molar-refractivity contribution in [3.63, 3.8) is 0 Å². The van der Waals surface area contributed by atoms with Crippen LogP contribution in [0.5, 0.6) is 0 Å². The molecule has 3 nitrogen and oxygen atoms in total. The minimum Gasteiger partial charge on any atom is -0.385 e. The van der Waals surface area contributed by atoms with Gasteiger partial charge in [-0.05, 0) is 30.4 Å². The molecule has 2 aromatic rings. The molecule has 0 aliphatic rings. The lowest BCUT2D eigenvalue weighted by molar-refractivity contribution is 0.0952.